The first-order valence-electron chi connectivity index (χ1n) is 10.1. The summed E-state index contributed by atoms with van der Waals surface area (Å²) in [6.45, 7) is -0.797. The molecule has 0 radical (unpaired) electrons. The molecule has 4 heterocycles. The van der Waals surface area contributed by atoms with E-state index >= 15 is 0 Å². The van der Waals surface area contributed by atoms with Crippen molar-refractivity contribution in [3.8, 4) is 0 Å². The van der Waals surface area contributed by atoms with E-state index in [0.29, 0.717) is 5.82 Å². The van der Waals surface area contributed by atoms with Crippen LogP contribution in [0, 0.1) is 0 Å². The second-order valence-electron chi connectivity index (χ2n) is 7.36. The van der Waals surface area contributed by atoms with Crippen LogP contribution >= 0.6 is 23.1 Å². The molecular formula is C19H19N7O8S2. The quantitative estimate of drug-likeness (QED) is 0.166. The largest absolute Gasteiger partial charge is 0.487 e. The number of nitrogen functional groups attached to an aromatic ring is 1. The molecule has 0 spiro atoms. The van der Waals surface area contributed by atoms with Gasteiger partial charge in [-0.25, -0.2) is 19.6 Å². The maximum atomic E-state index is 12.9. The monoisotopic (exact) mass is 537 g/mol. The predicted octanol–water partition coefficient (Wildman–Crippen LogP) is -0.823. The minimum absolute atomic E-state index is 0.00989. The summed E-state index contributed by atoms with van der Waals surface area (Å²) in [5.74, 6) is -3.39. The number of fused-ring (bicyclic) bond motifs is 1. The highest BCUT2D eigenvalue weighted by Crippen LogP contribution is 2.40. The van der Waals surface area contributed by atoms with Crippen molar-refractivity contribution >= 4 is 57.7 Å². The second kappa shape index (κ2) is 10.2. The van der Waals surface area contributed by atoms with Crippen molar-refractivity contribution < 1.29 is 39.0 Å². The molecule has 2 aliphatic rings. The number of amides is 2. The fourth-order valence-corrected chi connectivity index (χ4v) is 5.18. The molecule has 190 valence electrons. The van der Waals surface area contributed by atoms with Gasteiger partial charge in [0, 0.05) is 24.8 Å². The molecule has 2 aliphatic heterocycles. The first-order valence-corrected chi connectivity index (χ1v) is 12.0. The number of carbonyl (C=O) groups excluding carboxylic acids is 2. The zero-order valence-corrected chi connectivity index (χ0v) is 20.1. The number of carboxylic acid groups (broad SMARTS) is 2. The molecule has 15 nitrogen and oxygen atoms in total. The van der Waals surface area contributed by atoms with Crippen LogP contribution in [0.2, 0.25) is 0 Å². The van der Waals surface area contributed by atoms with E-state index in [4.69, 9.17) is 15.6 Å². The van der Waals surface area contributed by atoms with E-state index in [1.165, 1.54) is 17.1 Å². The van der Waals surface area contributed by atoms with Crippen LogP contribution in [0.15, 0.2) is 34.4 Å². The number of ether oxygens (including phenoxy) is 1. The van der Waals surface area contributed by atoms with Crippen LogP contribution in [-0.2, 0) is 42.4 Å². The Morgan fingerprint density at radius 3 is 2.75 bits per heavy atom. The van der Waals surface area contributed by atoms with E-state index in [9.17, 15) is 24.3 Å². The number of hydrogen-bond acceptors (Lipinski definition) is 12. The molecule has 0 aliphatic carbocycles. The zero-order valence-electron chi connectivity index (χ0n) is 18.5. The summed E-state index contributed by atoms with van der Waals surface area (Å²) < 4.78 is 7.39. The van der Waals surface area contributed by atoms with Crippen molar-refractivity contribution in [2.45, 2.75) is 18.0 Å². The lowest BCUT2D eigenvalue weighted by molar-refractivity contribution is -0.150. The molecule has 0 saturated carbocycles. The number of aromatic nitrogens is 3. The normalized spacial score (nSPS) is 19.4. The topological polar surface area (TPSA) is 212 Å². The number of carboxylic acids is 2. The Morgan fingerprint density at radius 1 is 1.36 bits per heavy atom. The Morgan fingerprint density at radius 2 is 2.14 bits per heavy atom. The molecule has 4 rings (SSSR count). The number of thioether (sulfide) groups is 1. The second-order valence-corrected chi connectivity index (χ2v) is 9.35. The number of rotatable bonds is 10. The Labute approximate surface area is 210 Å². The summed E-state index contributed by atoms with van der Waals surface area (Å²) in [6, 6.07) is -1.08. The Bertz CT molecular complexity index is 1290. The van der Waals surface area contributed by atoms with Crippen LogP contribution in [0.3, 0.4) is 0 Å². The maximum Gasteiger partial charge on any atom is 0.356 e. The number of β-lactam (4-membered cyclic amide) rings is 1. The number of nitrogens with one attached hydrogen (secondary N) is 1. The first kappa shape index (κ1) is 25.0. The number of nitrogens with zero attached hydrogens (tertiary/aromatic N) is 5. The minimum Gasteiger partial charge on any atom is -0.487 e. The average molecular weight is 538 g/mol. The van der Waals surface area contributed by atoms with Gasteiger partial charge in [-0.2, -0.15) is 0 Å². The van der Waals surface area contributed by atoms with E-state index in [0.717, 1.165) is 16.2 Å². The summed E-state index contributed by atoms with van der Waals surface area (Å²) in [5.41, 5.74) is 4.93. The average Bonchev–Trinajstić information content (AvgIpc) is 3.45. The summed E-state index contributed by atoms with van der Waals surface area (Å²) in [6.07, 6.45) is 3.29. The smallest absolute Gasteiger partial charge is 0.356 e. The molecule has 0 bridgehead atoms. The number of imidazole rings is 1. The number of anilines is 1. The first-order chi connectivity index (χ1) is 17.2. The van der Waals surface area contributed by atoms with Crippen molar-refractivity contribution in [3.05, 3.63) is 40.7 Å². The fraction of sp³-hybridized carbons (Fsp3) is 0.316. The Kier molecular flexibility index (Phi) is 7.11. The van der Waals surface area contributed by atoms with Crippen molar-refractivity contribution in [1.82, 2.24) is 24.8 Å². The highest BCUT2D eigenvalue weighted by molar-refractivity contribution is 8.00. The molecule has 2 aromatic rings. The minimum atomic E-state index is -1.35. The molecule has 17 heteroatoms. The molecule has 2 amide bonds. The van der Waals surface area contributed by atoms with Gasteiger partial charge in [0.1, 0.15) is 35.3 Å². The lowest BCUT2D eigenvalue weighted by atomic mass is 10.0. The van der Waals surface area contributed by atoms with Gasteiger partial charge in [-0.1, -0.05) is 5.16 Å². The van der Waals surface area contributed by atoms with Gasteiger partial charge in [0.25, 0.3) is 11.8 Å². The molecule has 2 aromatic heterocycles. The fourth-order valence-electron chi connectivity index (χ4n) is 3.35. The standard InChI is InChI=1S/C19H19N7O8S2/c1-25-3-2-21-10(25)4-33-9-7-35-17-13(16(30)26(17)14(9)18(31)32)23-15(29)12(24-34-5-11(27)28)8-6-36-19(20)22-8/h2-3,6,13,17H,4-5,7H2,1H3,(H2,20,22)(H,23,29)(H,27,28)(H,31,32)/b24-12-/t13-,17-/m1/s1. The summed E-state index contributed by atoms with van der Waals surface area (Å²) in [7, 11) is 1.76. The lowest BCUT2D eigenvalue weighted by Crippen LogP contribution is -2.71. The summed E-state index contributed by atoms with van der Waals surface area (Å²) in [5, 5.41) is 25.4. The SMILES string of the molecule is Cn1ccnc1COC1=C(C(=O)O)N2C(=O)[C@@H](NC(=O)/C(=N\OCC(=O)O)c3csc(N)n3)[C@H]2SC1. The lowest BCUT2D eigenvalue weighted by Gasteiger charge is -2.48. The van der Waals surface area contributed by atoms with Crippen molar-refractivity contribution in [3.63, 3.8) is 0 Å². The molecule has 0 unspecified atom stereocenters. The number of aliphatic carboxylic acids is 2. The Hall–Kier alpha value is -4.12. The van der Waals surface area contributed by atoms with Gasteiger partial charge < -0.3 is 35.4 Å². The summed E-state index contributed by atoms with van der Waals surface area (Å²) in [4.78, 5) is 62.3. The van der Waals surface area contributed by atoms with Crippen LogP contribution in [0.4, 0.5) is 5.13 Å². The number of aryl methyl sites for hydroxylation is 1. The van der Waals surface area contributed by atoms with E-state index in [1.54, 1.807) is 24.0 Å². The maximum absolute atomic E-state index is 12.9. The van der Waals surface area contributed by atoms with Gasteiger partial charge in [0.05, 0.1) is 5.75 Å². The van der Waals surface area contributed by atoms with E-state index in [2.05, 4.69) is 25.3 Å². The van der Waals surface area contributed by atoms with Gasteiger partial charge >= 0.3 is 11.9 Å². The molecule has 1 fully saturated rings. The number of nitrogens with two attached hydrogens (primary N) is 1. The Balaban J connectivity index is 1.49. The van der Waals surface area contributed by atoms with Crippen molar-refractivity contribution in [2.75, 3.05) is 18.1 Å². The van der Waals surface area contributed by atoms with E-state index in [-0.39, 0.29) is 40.4 Å². The van der Waals surface area contributed by atoms with Gasteiger partial charge in [0.2, 0.25) is 6.61 Å². The number of carbonyl (C=O) groups is 4. The highest BCUT2D eigenvalue weighted by atomic mass is 32.2. The summed E-state index contributed by atoms with van der Waals surface area (Å²) >= 11 is 2.22. The highest BCUT2D eigenvalue weighted by Gasteiger charge is 2.55. The number of hydrogen-bond donors (Lipinski definition) is 4. The van der Waals surface area contributed by atoms with Crippen LogP contribution in [0.1, 0.15) is 11.5 Å². The number of oxime groups is 1. The molecular weight excluding hydrogens is 518 g/mol. The molecule has 2 atom stereocenters. The van der Waals surface area contributed by atoms with Crippen LogP contribution in [0.5, 0.6) is 0 Å². The van der Waals surface area contributed by atoms with Gasteiger partial charge in [0.15, 0.2) is 16.5 Å². The molecule has 1 saturated heterocycles. The number of thiazole rings is 1. The molecule has 36 heavy (non-hydrogen) atoms. The van der Waals surface area contributed by atoms with E-state index in [1.807, 2.05) is 0 Å². The third kappa shape index (κ3) is 4.96. The van der Waals surface area contributed by atoms with Gasteiger partial charge in [-0.3, -0.25) is 14.5 Å². The third-order valence-corrected chi connectivity index (χ3v) is 6.97. The van der Waals surface area contributed by atoms with Crippen LogP contribution in [0.25, 0.3) is 0 Å². The predicted molar refractivity (Wildman–Crippen MR) is 124 cm³/mol. The van der Waals surface area contributed by atoms with Crippen LogP contribution < -0.4 is 11.1 Å². The molecule has 5 N–H and O–H groups in total. The van der Waals surface area contributed by atoms with E-state index < -0.39 is 41.8 Å². The third-order valence-electron chi connectivity index (χ3n) is 5.04. The van der Waals surface area contributed by atoms with Gasteiger partial charge in [-0.05, 0) is 0 Å². The van der Waals surface area contributed by atoms with Crippen molar-refractivity contribution in [2.24, 2.45) is 12.2 Å². The van der Waals surface area contributed by atoms with Crippen molar-refractivity contribution in [1.29, 1.82) is 0 Å². The zero-order chi connectivity index (χ0) is 26.0. The van der Waals surface area contributed by atoms with Gasteiger partial charge in [-0.15, -0.1) is 23.1 Å². The molecule has 0 aromatic carbocycles. The van der Waals surface area contributed by atoms with Crippen LogP contribution in [-0.4, -0.2) is 82.9 Å².